The van der Waals surface area contributed by atoms with Gasteiger partial charge in [-0.25, -0.2) is 17.9 Å². The molecule has 1 unspecified atom stereocenters. The molecule has 0 radical (unpaired) electrons. The Bertz CT molecular complexity index is 1260. The average molecular weight is 437 g/mol. The third-order valence-corrected chi connectivity index (χ3v) is 6.01. The third kappa shape index (κ3) is 5.66. The Morgan fingerprint density at radius 3 is 2.32 bits per heavy atom. The van der Waals surface area contributed by atoms with Crippen LogP contribution in [0.15, 0.2) is 71.6 Å². The van der Waals surface area contributed by atoms with Crippen LogP contribution in [-0.2, 0) is 26.0 Å². The lowest BCUT2D eigenvalue weighted by atomic mass is 10.0. The Balaban J connectivity index is 1.63. The molecule has 8 nitrogen and oxygen atoms in total. The first-order valence-electron chi connectivity index (χ1n) is 9.28. The minimum atomic E-state index is -3.96. The minimum Gasteiger partial charge on any atom is -0.480 e. The normalized spacial score (nSPS) is 12.1. The summed E-state index contributed by atoms with van der Waals surface area (Å²) in [6, 6.07) is 18.9. The van der Waals surface area contributed by atoms with Crippen molar-refractivity contribution in [2.45, 2.75) is 17.4 Å². The summed E-state index contributed by atoms with van der Waals surface area (Å²) in [5, 5.41) is 22.1. The highest BCUT2D eigenvalue weighted by Gasteiger charge is 2.22. The number of aliphatic carboxylic acids is 1. The summed E-state index contributed by atoms with van der Waals surface area (Å²) >= 11 is 0. The van der Waals surface area contributed by atoms with Crippen LogP contribution < -0.4 is 10.0 Å². The van der Waals surface area contributed by atoms with Gasteiger partial charge in [0.15, 0.2) is 0 Å². The van der Waals surface area contributed by atoms with Gasteiger partial charge in [-0.05, 0) is 40.6 Å². The van der Waals surface area contributed by atoms with Crippen molar-refractivity contribution in [3.05, 3.63) is 77.9 Å². The Morgan fingerprint density at radius 2 is 1.68 bits per heavy atom. The topological polar surface area (TPSA) is 136 Å². The number of carbonyl (C=O) groups excluding carboxylic acids is 1. The van der Waals surface area contributed by atoms with Crippen molar-refractivity contribution in [2.24, 2.45) is 0 Å². The van der Waals surface area contributed by atoms with Crippen molar-refractivity contribution in [2.75, 3.05) is 6.54 Å². The maximum absolute atomic E-state index is 12.5. The van der Waals surface area contributed by atoms with E-state index >= 15 is 0 Å². The van der Waals surface area contributed by atoms with E-state index in [1.54, 1.807) is 42.5 Å². The highest BCUT2D eigenvalue weighted by Crippen LogP contribution is 2.18. The number of carbonyl (C=O) groups is 2. The number of amides is 1. The van der Waals surface area contributed by atoms with Crippen molar-refractivity contribution in [3.63, 3.8) is 0 Å². The Morgan fingerprint density at radius 1 is 1.00 bits per heavy atom. The lowest BCUT2D eigenvalue weighted by Gasteiger charge is -2.15. The number of carboxylic acids is 1. The van der Waals surface area contributed by atoms with Crippen LogP contribution in [0.4, 0.5) is 0 Å². The zero-order chi connectivity index (χ0) is 22.4. The Hall–Kier alpha value is -3.74. The van der Waals surface area contributed by atoms with E-state index in [1.165, 1.54) is 12.1 Å². The highest BCUT2D eigenvalue weighted by molar-refractivity contribution is 7.89. The first-order chi connectivity index (χ1) is 14.8. The smallest absolute Gasteiger partial charge is 0.326 e. The van der Waals surface area contributed by atoms with Gasteiger partial charge in [0.25, 0.3) is 0 Å². The van der Waals surface area contributed by atoms with E-state index in [9.17, 15) is 23.1 Å². The van der Waals surface area contributed by atoms with E-state index in [0.717, 1.165) is 10.8 Å². The van der Waals surface area contributed by atoms with Crippen LogP contribution in [0.2, 0.25) is 0 Å². The van der Waals surface area contributed by atoms with Crippen LogP contribution in [0.3, 0.4) is 0 Å². The van der Waals surface area contributed by atoms with Gasteiger partial charge in [0.1, 0.15) is 6.04 Å². The SMILES string of the molecule is N#Cc1ccc(CC(NC(=O)CNS(=O)(=O)c2ccc3ccccc3c2)C(=O)O)cc1. The molecular weight excluding hydrogens is 418 g/mol. The average Bonchev–Trinajstić information content (AvgIpc) is 2.77. The molecule has 158 valence electrons. The van der Waals surface area contributed by atoms with Crippen LogP contribution in [-0.4, -0.2) is 38.0 Å². The molecule has 9 heteroatoms. The number of hydrogen-bond acceptors (Lipinski definition) is 5. The van der Waals surface area contributed by atoms with Crippen molar-refractivity contribution < 1.29 is 23.1 Å². The fourth-order valence-corrected chi connectivity index (χ4v) is 3.99. The zero-order valence-electron chi connectivity index (χ0n) is 16.3. The summed E-state index contributed by atoms with van der Waals surface area (Å²) in [4.78, 5) is 23.7. The molecule has 0 heterocycles. The van der Waals surface area contributed by atoms with Gasteiger partial charge in [-0.2, -0.15) is 5.26 Å². The van der Waals surface area contributed by atoms with E-state index in [-0.39, 0.29) is 11.3 Å². The molecule has 0 aliphatic heterocycles. The molecule has 1 atom stereocenters. The van der Waals surface area contributed by atoms with Crippen LogP contribution in [0, 0.1) is 11.3 Å². The van der Waals surface area contributed by atoms with Gasteiger partial charge in [0, 0.05) is 6.42 Å². The Labute approximate surface area is 179 Å². The molecule has 3 aromatic rings. The molecule has 0 bridgehead atoms. The van der Waals surface area contributed by atoms with Gasteiger partial charge in [-0.3, -0.25) is 4.79 Å². The predicted octanol–water partition coefficient (Wildman–Crippen LogP) is 1.80. The monoisotopic (exact) mass is 437 g/mol. The fourth-order valence-electron chi connectivity index (χ4n) is 2.97. The first kappa shape index (κ1) is 22.0. The van der Waals surface area contributed by atoms with Gasteiger partial charge in [-0.15, -0.1) is 0 Å². The van der Waals surface area contributed by atoms with Crippen molar-refractivity contribution >= 4 is 32.7 Å². The molecule has 1 amide bonds. The van der Waals surface area contributed by atoms with Gasteiger partial charge < -0.3 is 10.4 Å². The van der Waals surface area contributed by atoms with Crippen molar-refractivity contribution in [3.8, 4) is 6.07 Å². The number of nitriles is 1. The zero-order valence-corrected chi connectivity index (χ0v) is 17.1. The number of sulfonamides is 1. The molecule has 3 aromatic carbocycles. The minimum absolute atomic E-state index is 0.00590. The molecule has 0 aliphatic carbocycles. The van der Waals surface area contributed by atoms with E-state index in [4.69, 9.17) is 5.26 Å². The summed E-state index contributed by atoms with van der Waals surface area (Å²) in [6.45, 7) is -0.605. The van der Waals surface area contributed by atoms with Gasteiger partial charge in [-0.1, -0.05) is 42.5 Å². The summed E-state index contributed by atoms with van der Waals surface area (Å²) in [6.07, 6.45) is -0.00972. The number of fused-ring (bicyclic) bond motifs is 1. The molecule has 0 spiro atoms. The largest absolute Gasteiger partial charge is 0.480 e. The molecule has 0 fully saturated rings. The third-order valence-electron chi connectivity index (χ3n) is 4.61. The molecule has 31 heavy (non-hydrogen) atoms. The van der Waals surface area contributed by atoms with Gasteiger partial charge in [0.05, 0.1) is 23.1 Å². The molecule has 0 saturated carbocycles. The molecule has 0 aromatic heterocycles. The van der Waals surface area contributed by atoms with Crippen molar-refractivity contribution in [1.82, 2.24) is 10.0 Å². The molecule has 3 rings (SSSR count). The van der Waals surface area contributed by atoms with Crippen LogP contribution >= 0.6 is 0 Å². The maximum Gasteiger partial charge on any atom is 0.326 e. The summed E-state index contributed by atoms with van der Waals surface area (Å²) < 4.78 is 27.2. The van der Waals surface area contributed by atoms with Crippen LogP contribution in [0.1, 0.15) is 11.1 Å². The lowest BCUT2D eigenvalue weighted by Crippen LogP contribution is -2.46. The second-order valence-electron chi connectivity index (χ2n) is 6.80. The van der Waals surface area contributed by atoms with Crippen molar-refractivity contribution in [1.29, 1.82) is 5.26 Å². The number of nitrogens with one attached hydrogen (secondary N) is 2. The van der Waals surface area contributed by atoms with E-state index in [1.807, 2.05) is 18.2 Å². The molecule has 3 N–H and O–H groups in total. The second kappa shape index (κ2) is 9.38. The first-order valence-corrected chi connectivity index (χ1v) is 10.8. The molecule has 0 aliphatic rings. The number of hydrogen-bond donors (Lipinski definition) is 3. The second-order valence-corrected chi connectivity index (χ2v) is 8.57. The number of carboxylic acid groups (broad SMARTS) is 1. The van der Waals surface area contributed by atoms with E-state index in [0.29, 0.717) is 11.1 Å². The fraction of sp³-hybridized carbons (Fsp3) is 0.136. The Kier molecular flexibility index (Phi) is 6.65. The molecular formula is C22H19N3O5S. The predicted molar refractivity (Wildman–Crippen MR) is 114 cm³/mol. The quantitative estimate of drug-likeness (QED) is 0.492. The maximum atomic E-state index is 12.5. The van der Waals surface area contributed by atoms with Crippen LogP contribution in [0.25, 0.3) is 10.8 Å². The molecule has 0 saturated heterocycles. The number of rotatable bonds is 8. The summed E-state index contributed by atoms with van der Waals surface area (Å²) in [7, 11) is -3.96. The van der Waals surface area contributed by atoms with Crippen LogP contribution in [0.5, 0.6) is 0 Å². The van der Waals surface area contributed by atoms with Gasteiger partial charge >= 0.3 is 5.97 Å². The van der Waals surface area contributed by atoms with E-state index < -0.39 is 34.5 Å². The lowest BCUT2D eigenvalue weighted by molar-refractivity contribution is -0.141. The highest BCUT2D eigenvalue weighted by atomic mass is 32.2. The van der Waals surface area contributed by atoms with E-state index in [2.05, 4.69) is 10.0 Å². The summed E-state index contributed by atoms with van der Waals surface area (Å²) in [5.74, 6) is -2.03. The number of benzene rings is 3. The van der Waals surface area contributed by atoms with Gasteiger partial charge in [0.2, 0.25) is 15.9 Å². The standard InChI is InChI=1S/C22H19N3O5S/c23-13-16-7-5-15(6-8-16)11-20(22(27)28)25-21(26)14-24-31(29,30)19-10-9-17-3-1-2-4-18(17)12-19/h1-10,12,20,24H,11,14H2,(H,25,26)(H,27,28). The summed E-state index contributed by atoms with van der Waals surface area (Å²) in [5.41, 5.74) is 1.05. The number of nitrogens with zero attached hydrogens (tertiary/aromatic N) is 1.